The average molecular weight is 225 g/mol. The van der Waals surface area contributed by atoms with Crippen molar-refractivity contribution in [2.24, 2.45) is 0 Å². The summed E-state index contributed by atoms with van der Waals surface area (Å²) in [6.07, 6.45) is 0.529. The van der Waals surface area contributed by atoms with Gasteiger partial charge in [0, 0.05) is 12.3 Å². The van der Waals surface area contributed by atoms with E-state index in [1.54, 1.807) is 7.11 Å². The Labute approximate surface area is 95.9 Å². The van der Waals surface area contributed by atoms with E-state index in [1.807, 2.05) is 25.1 Å². The summed E-state index contributed by atoms with van der Waals surface area (Å²) in [5.41, 5.74) is 1.96. The number of methoxy groups -OCH3 is 1. The molecule has 0 spiro atoms. The van der Waals surface area contributed by atoms with Crippen molar-refractivity contribution in [3.63, 3.8) is 0 Å². The second-order valence-corrected chi connectivity index (χ2v) is 3.72. The first-order valence-electron chi connectivity index (χ1n) is 5.34. The first-order valence-corrected chi connectivity index (χ1v) is 5.34. The SMILES string of the molecule is COc1ccc(NC(CO)CCO)cc1C. The molecule has 0 bridgehead atoms. The molecule has 0 saturated carbocycles. The summed E-state index contributed by atoms with van der Waals surface area (Å²) in [6, 6.07) is 5.62. The Morgan fingerprint density at radius 1 is 1.38 bits per heavy atom. The molecule has 16 heavy (non-hydrogen) atoms. The van der Waals surface area contributed by atoms with Gasteiger partial charge in [-0.25, -0.2) is 0 Å². The van der Waals surface area contributed by atoms with Gasteiger partial charge in [-0.1, -0.05) is 0 Å². The Balaban J connectivity index is 2.69. The van der Waals surface area contributed by atoms with E-state index in [0.717, 1.165) is 17.0 Å². The highest BCUT2D eigenvalue weighted by Gasteiger charge is 2.07. The predicted molar refractivity (Wildman–Crippen MR) is 63.9 cm³/mol. The Hall–Kier alpha value is -1.26. The van der Waals surface area contributed by atoms with Gasteiger partial charge in [0.1, 0.15) is 5.75 Å². The van der Waals surface area contributed by atoms with E-state index in [0.29, 0.717) is 6.42 Å². The predicted octanol–water partition coefficient (Wildman–Crippen LogP) is 1.16. The number of aryl methyl sites for hydroxylation is 1. The van der Waals surface area contributed by atoms with Crippen LogP contribution in [0.15, 0.2) is 18.2 Å². The van der Waals surface area contributed by atoms with Gasteiger partial charge in [-0.2, -0.15) is 0 Å². The van der Waals surface area contributed by atoms with Crippen LogP contribution in [0.25, 0.3) is 0 Å². The minimum atomic E-state index is -0.113. The van der Waals surface area contributed by atoms with Crippen LogP contribution in [0.2, 0.25) is 0 Å². The molecule has 3 N–H and O–H groups in total. The van der Waals surface area contributed by atoms with E-state index in [4.69, 9.17) is 14.9 Å². The molecule has 0 amide bonds. The third kappa shape index (κ3) is 3.40. The molecule has 0 heterocycles. The van der Waals surface area contributed by atoms with Gasteiger partial charge < -0.3 is 20.3 Å². The van der Waals surface area contributed by atoms with Crippen LogP contribution in [-0.2, 0) is 0 Å². The summed E-state index contributed by atoms with van der Waals surface area (Å²) in [5.74, 6) is 0.841. The molecule has 90 valence electrons. The van der Waals surface area contributed by atoms with Gasteiger partial charge in [0.05, 0.1) is 19.8 Å². The molecule has 0 aliphatic carbocycles. The van der Waals surface area contributed by atoms with Gasteiger partial charge in [0.2, 0.25) is 0 Å². The fraction of sp³-hybridized carbons (Fsp3) is 0.500. The van der Waals surface area contributed by atoms with Crippen LogP contribution in [0, 0.1) is 6.92 Å². The lowest BCUT2D eigenvalue weighted by molar-refractivity contribution is 0.229. The van der Waals surface area contributed by atoms with Gasteiger partial charge >= 0.3 is 0 Å². The van der Waals surface area contributed by atoms with E-state index < -0.39 is 0 Å². The lowest BCUT2D eigenvalue weighted by atomic mass is 10.1. The molecular formula is C12H19NO3. The monoisotopic (exact) mass is 225 g/mol. The molecule has 0 radical (unpaired) electrons. The summed E-state index contributed by atoms with van der Waals surface area (Å²) in [7, 11) is 1.64. The maximum absolute atomic E-state index is 9.09. The molecule has 0 fully saturated rings. The zero-order chi connectivity index (χ0) is 12.0. The molecule has 1 aromatic carbocycles. The van der Waals surface area contributed by atoms with Crippen LogP contribution >= 0.6 is 0 Å². The zero-order valence-corrected chi connectivity index (χ0v) is 9.73. The Morgan fingerprint density at radius 3 is 2.62 bits per heavy atom. The van der Waals surface area contributed by atoms with Crippen molar-refractivity contribution in [2.75, 3.05) is 25.6 Å². The highest BCUT2D eigenvalue weighted by atomic mass is 16.5. The molecule has 4 nitrogen and oxygen atoms in total. The lowest BCUT2D eigenvalue weighted by Gasteiger charge is -2.17. The van der Waals surface area contributed by atoms with Gasteiger partial charge in [0.25, 0.3) is 0 Å². The third-order valence-electron chi connectivity index (χ3n) is 2.46. The van der Waals surface area contributed by atoms with Gasteiger partial charge in [0.15, 0.2) is 0 Å². The highest BCUT2D eigenvalue weighted by Crippen LogP contribution is 2.22. The zero-order valence-electron chi connectivity index (χ0n) is 9.73. The van der Waals surface area contributed by atoms with Crippen molar-refractivity contribution in [3.8, 4) is 5.75 Å². The standard InChI is InChI=1S/C12H19NO3/c1-9-7-10(3-4-12(9)16-2)13-11(8-15)5-6-14/h3-4,7,11,13-15H,5-6,8H2,1-2H3. The highest BCUT2D eigenvalue weighted by molar-refractivity contribution is 5.51. The summed E-state index contributed by atoms with van der Waals surface area (Å²) in [4.78, 5) is 0. The van der Waals surface area contributed by atoms with Crippen molar-refractivity contribution in [3.05, 3.63) is 23.8 Å². The normalized spacial score (nSPS) is 12.2. The molecule has 4 heteroatoms. The molecule has 1 aromatic rings. The first-order chi connectivity index (χ1) is 7.71. The van der Waals surface area contributed by atoms with Crippen molar-refractivity contribution < 1.29 is 14.9 Å². The van der Waals surface area contributed by atoms with Crippen LogP contribution in [0.5, 0.6) is 5.75 Å². The summed E-state index contributed by atoms with van der Waals surface area (Å²) >= 11 is 0. The van der Waals surface area contributed by atoms with Crippen molar-refractivity contribution in [1.29, 1.82) is 0 Å². The van der Waals surface area contributed by atoms with Crippen LogP contribution in [0.4, 0.5) is 5.69 Å². The summed E-state index contributed by atoms with van der Waals surface area (Å²) < 4.78 is 5.16. The molecule has 0 aliphatic rings. The van der Waals surface area contributed by atoms with Crippen molar-refractivity contribution in [2.45, 2.75) is 19.4 Å². The molecule has 0 aromatic heterocycles. The summed E-state index contributed by atoms with van der Waals surface area (Å²) in [5, 5.41) is 21.1. The fourth-order valence-electron chi connectivity index (χ4n) is 1.57. The van der Waals surface area contributed by atoms with E-state index in [1.165, 1.54) is 0 Å². The number of hydrogen-bond donors (Lipinski definition) is 3. The number of nitrogens with one attached hydrogen (secondary N) is 1. The quantitative estimate of drug-likeness (QED) is 0.680. The second-order valence-electron chi connectivity index (χ2n) is 3.72. The maximum Gasteiger partial charge on any atom is 0.121 e. The van der Waals surface area contributed by atoms with Crippen LogP contribution in [0.1, 0.15) is 12.0 Å². The van der Waals surface area contributed by atoms with E-state index in [-0.39, 0.29) is 19.3 Å². The third-order valence-corrected chi connectivity index (χ3v) is 2.46. The number of hydrogen-bond acceptors (Lipinski definition) is 4. The Bertz CT molecular complexity index is 328. The molecule has 0 saturated heterocycles. The van der Waals surface area contributed by atoms with Crippen LogP contribution < -0.4 is 10.1 Å². The van der Waals surface area contributed by atoms with E-state index >= 15 is 0 Å². The van der Waals surface area contributed by atoms with Gasteiger partial charge in [-0.05, 0) is 37.1 Å². The molecule has 1 unspecified atom stereocenters. The van der Waals surface area contributed by atoms with Gasteiger partial charge in [-0.3, -0.25) is 0 Å². The number of rotatable bonds is 6. The fourth-order valence-corrected chi connectivity index (χ4v) is 1.57. The largest absolute Gasteiger partial charge is 0.496 e. The number of benzene rings is 1. The minimum Gasteiger partial charge on any atom is -0.496 e. The molecule has 1 atom stereocenters. The maximum atomic E-state index is 9.09. The smallest absolute Gasteiger partial charge is 0.121 e. The van der Waals surface area contributed by atoms with Crippen LogP contribution in [0.3, 0.4) is 0 Å². The topological polar surface area (TPSA) is 61.7 Å². The number of aliphatic hydroxyl groups excluding tert-OH is 2. The average Bonchev–Trinajstić information content (AvgIpc) is 2.28. The van der Waals surface area contributed by atoms with Crippen LogP contribution in [-0.4, -0.2) is 36.6 Å². The number of ether oxygens (including phenoxy) is 1. The van der Waals surface area contributed by atoms with Gasteiger partial charge in [-0.15, -0.1) is 0 Å². The van der Waals surface area contributed by atoms with E-state index in [9.17, 15) is 0 Å². The number of aliphatic hydroxyl groups is 2. The van der Waals surface area contributed by atoms with E-state index in [2.05, 4.69) is 5.32 Å². The molecule has 0 aliphatic heterocycles. The first kappa shape index (κ1) is 12.8. The Kier molecular flexibility index (Phi) is 5.08. The van der Waals surface area contributed by atoms with Crippen molar-refractivity contribution >= 4 is 5.69 Å². The second kappa shape index (κ2) is 6.35. The minimum absolute atomic E-state index is 0.00559. The Morgan fingerprint density at radius 2 is 2.12 bits per heavy atom. The number of anilines is 1. The summed E-state index contributed by atoms with van der Waals surface area (Å²) in [6.45, 7) is 2.03. The molecule has 1 rings (SSSR count). The molecular weight excluding hydrogens is 206 g/mol. The lowest BCUT2D eigenvalue weighted by Crippen LogP contribution is -2.24. The van der Waals surface area contributed by atoms with Crippen molar-refractivity contribution in [1.82, 2.24) is 0 Å².